The molecule has 0 aliphatic carbocycles. The van der Waals surface area contributed by atoms with Crippen molar-refractivity contribution >= 4 is 16.7 Å². The molecule has 0 aromatic heterocycles. The van der Waals surface area contributed by atoms with Gasteiger partial charge in [0.2, 0.25) is 10.7 Å². The van der Waals surface area contributed by atoms with Gasteiger partial charge >= 0.3 is 23.3 Å². The predicted molar refractivity (Wildman–Crippen MR) is 46.5 cm³/mol. The highest BCUT2D eigenvalue weighted by molar-refractivity contribution is 7.73. The standard InChI is InChI=1S/C7H7F7O4S/c8-5(9,7(13,14)19(16)17)2-1-3-18-4(15)6(10,11)12/h19H,1-3H2. The number of alkyl halides is 7. The molecule has 19 heavy (non-hydrogen) atoms. The quantitative estimate of drug-likeness (QED) is 0.350. The average molecular weight is 320 g/mol. The van der Waals surface area contributed by atoms with Gasteiger partial charge in [0, 0.05) is 6.42 Å². The van der Waals surface area contributed by atoms with E-state index >= 15 is 0 Å². The second-order valence-electron chi connectivity index (χ2n) is 3.24. The fourth-order valence-corrected chi connectivity index (χ4v) is 1.20. The zero-order valence-corrected chi connectivity index (χ0v) is 9.74. The number of thiol groups is 1. The summed E-state index contributed by atoms with van der Waals surface area (Å²) in [5.74, 6) is -7.62. The Hall–Kier alpha value is -1.07. The van der Waals surface area contributed by atoms with Gasteiger partial charge in [-0.25, -0.2) is 13.2 Å². The molecule has 0 rings (SSSR count). The summed E-state index contributed by atoms with van der Waals surface area (Å²) in [5.41, 5.74) is 0. The number of hydrogen-bond acceptors (Lipinski definition) is 4. The maximum atomic E-state index is 12.7. The Balaban J connectivity index is 4.33. The summed E-state index contributed by atoms with van der Waals surface area (Å²) in [6.07, 6.45) is -8.15. The van der Waals surface area contributed by atoms with E-state index < -0.39 is 53.5 Å². The van der Waals surface area contributed by atoms with Gasteiger partial charge in [-0.05, 0) is 6.42 Å². The fraction of sp³-hybridized carbons (Fsp3) is 0.857. The van der Waals surface area contributed by atoms with Crippen LogP contribution in [-0.4, -0.2) is 38.3 Å². The molecule has 0 heterocycles. The molecule has 0 radical (unpaired) electrons. The van der Waals surface area contributed by atoms with E-state index in [1.807, 2.05) is 0 Å². The molecule has 0 aliphatic rings. The van der Waals surface area contributed by atoms with Crippen LogP contribution >= 0.6 is 0 Å². The lowest BCUT2D eigenvalue weighted by molar-refractivity contribution is -0.201. The minimum Gasteiger partial charge on any atom is -0.459 e. The number of ether oxygens (including phenoxy) is 1. The number of hydrogen-bond donors (Lipinski definition) is 1. The summed E-state index contributed by atoms with van der Waals surface area (Å²) in [6, 6.07) is 0. The van der Waals surface area contributed by atoms with Gasteiger partial charge in [0.1, 0.15) is 0 Å². The van der Waals surface area contributed by atoms with E-state index in [0.29, 0.717) is 0 Å². The minimum atomic E-state index is -5.33. The van der Waals surface area contributed by atoms with Crippen LogP contribution in [0.15, 0.2) is 0 Å². The Morgan fingerprint density at radius 2 is 1.47 bits per heavy atom. The number of carbonyl (C=O) groups is 1. The van der Waals surface area contributed by atoms with E-state index in [2.05, 4.69) is 4.74 Å². The highest BCUT2D eigenvalue weighted by Gasteiger charge is 2.58. The molecular weight excluding hydrogens is 313 g/mol. The number of esters is 1. The Morgan fingerprint density at radius 1 is 1.00 bits per heavy atom. The molecule has 0 spiro atoms. The van der Waals surface area contributed by atoms with Crippen molar-refractivity contribution in [1.29, 1.82) is 0 Å². The van der Waals surface area contributed by atoms with Crippen LogP contribution < -0.4 is 0 Å². The monoisotopic (exact) mass is 320 g/mol. The van der Waals surface area contributed by atoms with Crippen molar-refractivity contribution in [2.45, 2.75) is 30.2 Å². The number of carbonyl (C=O) groups excluding carboxylic acids is 1. The van der Waals surface area contributed by atoms with Crippen molar-refractivity contribution in [3.05, 3.63) is 0 Å². The van der Waals surface area contributed by atoms with Crippen molar-refractivity contribution < 1.29 is 48.7 Å². The van der Waals surface area contributed by atoms with Gasteiger partial charge in [-0.3, -0.25) is 0 Å². The Kier molecular flexibility index (Phi) is 5.59. The average Bonchev–Trinajstić information content (AvgIpc) is 2.22. The molecule has 4 nitrogen and oxygen atoms in total. The highest BCUT2D eigenvalue weighted by atomic mass is 32.2. The minimum absolute atomic E-state index is 1.06. The van der Waals surface area contributed by atoms with E-state index in [4.69, 9.17) is 0 Å². The first-order valence-corrected chi connectivity index (χ1v) is 5.64. The van der Waals surface area contributed by atoms with Crippen LogP contribution in [-0.2, 0) is 20.2 Å². The van der Waals surface area contributed by atoms with Gasteiger partial charge in [-0.1, -0.05) is 0 Å². The Morgan fingerprint density at radius 3 is 1.84 bits per heavy atom. The molecule has 0 fully saturated rings. The van der Waals surface area contributed by atoms with Crippen LogP contribution in [0.2, 0.25) is 0 Å². The summed E-state index contributed by atoms with van der Waals surface area (Å²) >= 11 is 0. The van der Waals surface area contributed by atoms with Crippen LogP contribution in [0, 0.1) is 0 Å². The highest BCUT2D eigenvalue weighted by Crippen LogP contribution is 2.38. The van der Waals surface area contributed by atoms with Gasteiger partial charge in [0.05, 0.1) is 6.61 Å². The molecule has 0 saturated heterocycles. The maximum Gasteiger partial charge on any atom is 0.490 e. The van der Waals surface area contributed by atoms with Crippen LogP contribution in [0.4, 0.5) is 30.7 Å². The van der Waals surface area contributed by atoms with Crippen LogP contribution in [0.5, 0.6) is 0 Å². The summed E-state index contributed by atoms with van der Waals surface area (Å²) in [7, 11) is -4.75. The molecule has 0 aromatic rings. The first-order chi connectivity index (χ1) is 8.32. The van der Waals surface area contributed by atoms with Gasteiger partial charge in [0.15, 0.2) is 0 Å². The molecule has 0 atom stereocenters. The SMILES string of the molecule is O=C(OCCCC(F)(F)C(F)(F)[SH](=O)=O)C(F)(F)F. The van der Waals surface area contributed by atoms with E-state index in [0.717, 1.165) is 0 Å². The van der Waals surface area contributed by atoms with Gasteiger partial charge in [-0.2, -0.15) is 30.7 Å². The molecule has 114 valence electrons. The lowest BCUT2D eigenvalue weighted by Gasteiger charge is -2.21. The third kappa shape index (κ3) is 4.84. The van der Waals surface area contributed by atoms with Crippen molar-refractivity contribution in [2.24, 2.45) is 0 Å². The Labute approximate surface area is 103 Å². The van der Waals surface area contributed by atoms with E-state index in [9.17, 15) is 43.9 Å². The second kappa shape index (κ2) is 5.92. The number of halogens is 7. The van der Waals surface area contributed by atoms with Gasteiger partial charge < -0.3 is 4.74 Å². The summed E-state index contributed by atoms with van der Waals surface area (Å²) in [6.45, 7) is -1.19. The van der Waals surface area contributed by atoms with Gasteiger partial charge in [-0.15, -0.1) is 0 Å². The van der Waals surface area contributed by atoms with E-state index in [-0.39, 0.29) is 0 Å². The van der Waals surface area contributed by atoms with Crippen molar-refractivity contribution in [2.75, 3.05) is 6.61 Å². The summed E-state index contributed by atoms with van der Waals surface area (Å²) in [5, 5.41) is -5.32. The molecule has 0 amide bonds. The molecule has 12 heteroatoms. The van der Waals surface area contributed by atoms with Crippen LogP contribution in [0.3, 0.4) is 0 Å². The van der Waals surface area contributed by atoms with Crippen molar-refractivity contribution in [3.63, 3.8) is 0 Å². The molecule has 0 N–H and O–H groups in total. The summed E-state index contributed by atoms with van der Waals surface area (Å²) in [4.78, 5) is 10.1. The van der Waals surface area contributed by atoms with Crippen LogP contribution in [0.1, 0.15) is 12.8 Å². The fourth-order valence-electron chi connectivity index (χ4n) is 0.825. The predicted octanol–water partition coefficient (Wildman–Crippen LogP) is 1.71. The van der Waals surface area contributed by atoms with Crippen LogP contribution in [0.25, 0.3) is 0 Å². The third-order valence-corrected chi connectivity index (χ3v) is 2.55. The molecule has 0 bridgehead atoms. The zero-order valence-electron chi connectivity index (χ0n) is 8.85. The molecule has 0 aromatic carbocycles. The van der Waals surface area contributed by atoms with E-state index in [1.54, 1.807) is 0 Å². The second-order valence-corrected chi connectivity index (χ2v) is 4.32. The zero-order chi connectivity index (χ0) is 15.5. The topological polar surface area (TPSA) is 60.4 Å². The third-order valence-electron chi connectivity index (χ3n) is 1.77. The largest absolute Gasteiger partial charge is 0.490 e. The molecule has 0 saturated carbocycles. The first-order valence-electron chi connectivity index (χ1n) is 4.46. The lowest BCUT2D eigenvalue weighted by Crippen LogP contribution is -2.41. The number of rotatable bonds is 6. The lowest BCUT2D eigenvalue weighted by atomic mass is 10.2. The molecule has 0 unspecified atom stereocenters. The molecular formula is C7H7F7O4S. The van der Waals surface area contributed by atoms with Gasteiger partial charge in [0.25, 0.3) is 0 Å². The first kappa shape index (κ1) is 17.9. The molecule has 0 aliphatic heterocycles. The normalized spacial score (nSPS) is 13.7. The maximum absolute atomic E-state index is 12.7. The van der Waals surface area contributed by atoms with Crippen molar-refractivity contribution in [3.8, 4) is 0 Å². The smallest absolute Gasteiger partial charge is 0.459 e. The van der Waals surface area contributed by atoms with Crippen molar-refractivity contribution in [1.82, 2.24) is 0 Å². The van der Waals surface area contributed by atoms with E-state index in [1.165, 1.54) is 0 Å². The summed E-state index contributed by atoms with van der Waals surface area (Å²) < 4.78 is 108. The Bertz CT molecular complexity index is 393.